The highest BCUT2D eigenvalue weighted by Gasteiger charge is 2.15. The second-order valence-corrected chi connectivity index (χ2v) is 5.51. The van der Waals surface area contributed by atoms with Crippen molar-refractivity contribution in [1.82, 2.24) is 14.8 Å². The molecule has 0 aliphatic rings. The summed E-state index contributed by atoms with van der Waals surface area (Å²) in [7, 11) is 1.79. The molecule has 0 N–H and O–H groups in total. The molecule has 0 spiro atoms. The first-order valence-corrected chi connectivity index (χ1v) is 7.12. The molecule has 3 rings (SSSR count). The monoisotopic (exact) mass is 315 g/mol. The predicted molar refractivity (Wildman–Crippen MR) is 84.4 cm³/mol. The van der Waals surface area contributed by atoms with Crippen LogP contribution >= 0.6 is 11.6 Å². The van der Waals surface area contributed by atoms with E-state index in [0.29, 0.717) is 16.4 Å². The number of aryl methyl sites for hydroxylation is 3. The number of halogens is 1. The molecule has 0 bridgehead atoms. The van der Waals surface area contributed by atoms with E-state index in [-0.39, 0.29) is 5.69 Å². The Morgan fingerprint density at radius 1 is 1.23 bits per heavy atom. The van der Waals surface area contributed by atoms with Crippen molar-refractivity contribution in [2.24, 2.45) is 7.05 Å². The fourth-order valence-corrected chi connectivity index (χ4v) is 2.53. The number of carbonyl (C=O) groups excluding carboxylic acids is 1. The van der Waals surface area contributed by atoms with Crippen LogP contribution in [0.25, 0.3) is 11.0 Å². The van der Waals surface area contributed by atoms with E-state index in [1.165, 1.54) is 0 Å². The summed E-state index contributed by atoms with van der Waals surface area (Å²) in [6, 6.07) is 8.68. The van der Waals surface area contributed by atoms with Crippen molar-refractivity contribution in [1.29, 1.82) is 0 Å². The average Bonchev–Trinajstić information content (AvgIpc) is 2.76. The van der Waals surface area contributed by atoms with Gasteiger partial charge in [0.2, 0.25) is 0 Å². The zero-order valence-electron chi connectivity index (χ0n) is 12.4. The zero-order chi connectivity index (χ0) is 15.9. The summed E-state index contributed by atoms with van der Waals surface area (Å²) in [6.07, 6.45) is 0. The molecule has 2 heterocycles. The summed E-state index contributed by atoms with van der Waals surface area (Å²) in [5.74, 6) is -0.230. The molecule has 0 saturated heterocycles. The molecule has 1 aromatic carbocycles. The second kappa shape index (κ2) is 5.42. The Labute approximate surface area is 132 Å². The lowest BCUT2D eigenvalue weighted by molar-refractivity contribution is 0.0729. The van der Waals surface area contributed by atoms with Gasteiger partial charge in [-0.05, 0) is 43.7 Å². The van der Waals surface area contributed by atoms with Gasteiger partial charge < -0.3 is 4.74 Å². The van der Waals surface area contributed by atoms with Crippen molar-refractivity contribution >= 4 is 28.6 Å². The molecular weight excluding hydrogens is 302 g/mol. The van der Waals surface area contributed by atoms with Crippen LogP contribution in [0.15, 0.2) is 30.3 Å². The molecule has 112 valence electrons. The van der Waals surface area contributed by atoms with E-state index in [1.54, 1.807) is 29.9 Å². The van der Waals surface area contributed by atoms with Crippen LogP contribution in [-0.2, 0) is 7.05 Å². The van der Waals surface area contributed by atoms with Gasteiger partial charge in [0.15, 0.2) is 11.3 Å². The number of ether oxygens (including phenoxy) is 1. The number of hydrogen-bond donors (Lipinski definition) is 0. The van der Waals surface area contributed by atoms with Gasteiger partial charge in [0, 0.05) is 12.4 Å². The van der Waals surface area contributed by atoms with E-state index in [4.69, 9.17) is 16.3 Å². The lowest BCUT2D eigenvalue weighted by Gasteiger charge is -2.06. The lowest BCUT2D eigenvalue weighted by Crippen LogP contribution is -2.11. The SMILES string of the molecule is Cc1ccc(OC(=O)c2ccc3c(C)nn(C)c3n2)c(Cl)c1. The standard InChI is InChI=1S/C16H14ClN3O2/c1-9-4-7-14(12(17)8-9)22-16(21)13-6-5-11-10(2)19-20(3)15(11)18-13/h4-8H,1-3H3. The number of esters is 1. The molecule has 0 saturated carbocycles. The van der Waals surface area contributed by atoms with E-state index in [1.807, 2.05) is 26.0 Å². The van der Waals surface area contributed by atoms with Crippen molar-refractivity contribution in [3.05, 3.63) is 52.3 Å². The van der Waals surface area contributed by atoms with Gasteiger partial charge >= 0.3 is 5.97 Å². The Morgan fingerprint density at radius 2 is 2.00 bits per heavy atom. The van der Waals surface area contributed by atoms with Crippen molar-refractivity contribution in [2.45, 2.75) is 13.8 Å². The van der Waals surface area contributed by atoms with Crippen LogP contribution in [0.2, 0.25) is 5.02 Å². The average molecular weight is 316 g/mol. The molecule has 0 aliphatic heterocycles. The number of fused-ring (bicyclic) bond motifs is 1. The van der Waals surface area contributed by atoms with Gasteiger partial charge in [0.05, 0.1) is 10.7 Å². The van der Waals surface area contributed by atoms with Crippen molar-refractivity contribution in [2.75, 3.05) is 0 Å². The summed E-state index contributed by atoms with van der Waals surface area (Å²) < 4.78 is 6.96. The van der Waals surface area contributed by atoms with Crippen molar-refractivity contribution in [3.63, 3.8) is 0 Å². The highest BCUT2D eigenvalue weighted by Crippen LogP contribution is 2.26. The molecule has 0 unspecified atom stereocenters. The van der Waals surface area contributed by atoms with Gasteiger partial charge in [-0.25, -0.2) is 9.78 Å². The van der Waals surface area contributed by atoms with Gasteiger partial charge in [0.1, 0.15) is 5.75 Å². The Balaban J connectivity index is 1.93. The minimum absolute atomic E-state index is 0.215. The smallest absolute Gasteiger partial charge is 0.362 e. The van der Waals surface area contributed by atoms with Crippen LogP contribution in [0.3, 0.4) is 0 Å². The maximum Gasteiger partial charge on any atom is 0.362 e. The molecule has 0 fully saturated rings. The number of rotatable bonds is 2. The molecular formula is C16H14ClN3O2. The Kier molecular flexibility index (Phi) is 3.58. The van der Waals surface area contributed by atoms with E-state index >= 15 is 0 Å². The van der Waals surface area contributed by atoms with Crippen LogP contribution in [0.5, 0.6) is 5.75 Å². The van der Waals surface area contributed by atoms with Gasteiger partial charge in [0.25, 0.3) is 0 Å². The van der Waals surface area contributed by atoms with Crippen LogP contribution in [0.1, 0.15) is 21.7 Å². The summed E-state index contributed by atoms with van der Waals surface area (Å²) in [5, 5.41) is 5.58. The summed E-state index contributed by atoms with van der Waals surface area (Å²) in [4.78, 5) is 16.6. The van der Waals surface area contributed by atoms with E-state index in [9.17, 15) is 4.79 Å². The maximum atomic E-state index is 12.2. The molecule has 22 heavy (non-hydrogen) atoms. The number of hydrogen-bond acceptors (Lipinski definition) is 4. The highest BCUT2D eigenvalue weighted by molar-refractivity contribution is 6.32. The minimum Gasteiger partial charge on any atom is -0.420 e. The molecule has 0 radical (unpaired) electrons. The fourth-order valence-electron chi connectivity index (χ4n) is 2.26. The number of benzene rings is 1. The third-order valence-corrected chi connectivity index (χ3v) is 3.67. The zero-order valence-corrected chi connectivity index (χ0v) is 13.2. The first-order chi connectivity index (χ1) is 10.5. The first-order valence-electron chi connectivity index (χ1n) is 6.74. The summed E-state index contributed by atoms with van der Waals surface area (Å²) in [6.45, 7) is 3.81. The third kappa shape index (κ3) is 2.55. The van der Waals surface area contributed by atoms with E-state index < -0.39 is 5.97 Å². The summed E-state index contributed by atoms with van der Waals surface area (Å²) >= 11 is 6.07. The van der Waals surface area contributed by atoms with Gasteiger partial charge in [-0.15, -0.1) is 0 Å². The fraction of sp³-hybridized carbons (Fsp3) is 0.188. The van der Waals surface area contributed by atoms with Gasteiger partial charge in [-0.3, -0.25) is 4.68 Å². The number of nitrogens with zero attached hydrogens (tertiary/aromatic N) is 3. The molecule has 5 nitrogen and oxygen atoms in total. The number of carbonyl (C=O) groups is 1. The highest BCUT2D eigenvalue weighted by atomic mass is 35.5. The molecule has 0 atom stereocenters. The number of pyridine rings is 1. The predicted octanol–water partition coefficient (Wildman–Crippen LogP) is 3.46. The summed E-state index contributed by atoms with van der Waals surface area (Å²) in [5.41, 5.74) is 2.72. The third-order valence-electron chi connectivity index (χ3n) is 3.37. The quantitative estimate of drug-likeness (QED) is 0.537. The van der Waals surface area contributed by atoms with Crippen LogP contribution in [0, 0.1) is 13.8 Å². The molecule has 0 aliphatic carbocycles. The first kappa shape index (κ1) is 14.5. The topological polar surface area (TPSA) is 57.0 Å². The maximum absolute atomic E-state index is 12.2. The van der Waals surface area contributed by atoms with E-state index in [2.05, 4.69) is 10.1 Å². The van der Waals surface area contributed by atoms with Crippen molar-refractivity contribution < 1.29 is 9.53 Å². The lowest BCUT2D eigenvalue weighted by atomic mass is 10.2. The molecule has 3 aromatic rings. The van der Waals surface area contributed by atoms with Gasteiger partial charge in [-0.2, -0.15) is 5.10 Å². The van der Waals surface area contributed by atoms with Crippen LogP contribution in [-0.4, -0.2) is 20.7 Å². The largest absolute Gasteiger partial charge is 0.420 e. The minimum atomic E-state index is -0.550. The van der Waals surface area contributed by atoms with Gasteiger partial charge in [-0.1, -0.05) is 17.7 Å². The Hall–Kier alpha value is -2.40. The van der Waals surface area contributed by atoms with E-state index in [0.717, 1.165) is 16.6 Å². The second-order valence-electron chi connectivity index (χ2n) is 5.10. The Bertz CT molecular complexity index is 886. The number of aromatic nitrogens is 3. The Morgan fingerprint density at radius 3 is 2.73 bits per heavy atom. The molecule has 0 amide bonds. The normalized spacial score (nSPS) is 10.9. The van der Waals surface area contributed by atoms with Crippen LogP contribution in [0.4, 0.5) is 0 Å². The van der Waals surface area contributed by atoms with Crippen molar-refractivity contribution in [3.8, 4) is 5.75 Å². The van der Waals surface area contributed by atoms with Crippen LogP contribution < -0.4 is 4.74 Å². The molecule has 2 aromatic heterocycles. The molecule has 6 heteroatoms.